The normalized spacial score (nSPS) is 25.8. The van der Waals surface area contributed by atoms with E-state index in [0.717, 1.165) is 25.0 Å². The molecule has 2 atom stereocenters. The highest BCUT2D eigenvalue weighted by molar-refractivity contribution is 8.13. The van der Waals surface area contributed by atoms with E-state index >= 15 is 0 Å². The third kappa shape index (κ3) is 3.33. The van der Waals surface area contributed by atoms with E-state index in [4.69, 9.17) is 11.5 Å². The van der Waals surface area contributed by atoms with Gasteiger partial charge in [0.25, 0.3) is 5.91 Å². The number of hydrogen-bond donors (Lipinski definition) is 3. The van der Waals surface area contributed by atoms with Gasteiger partial charge >= 0.3 is 0 Å². The summed E-state index contributed by atoms with van der Waals surface area (Å²) in [5.41, 5.74) is 11.8. The van der Waals surface area contributed by atoms with Crippen molar-refractivity contribution in [3.8, 4) is 0 Å². The van der Waals surface area contributed by atoms with Crippen LogP contribution in [0, 0.1) is 11.7 Å². The van der Waals surface area contributed by atoms with Gasteiger partial charge in [-0.2, -0.15) is 0 Å². The number of fused-ring (bicyclic) bond motifs is 1. The number of nitrogens with two attached hydrogens (primary N) is 2. The first-order valence-corrected chi connectivity index (χ1v) is 9.43. The Bertz CT molecular complexity index is 807. The summed E-state index contributed by atoms with van der Waals surface area (Å²) in [6, 6.07) is 4.56. The smallest absolute Gasteiger partial charge is 0.273 e. The van der Waals surface area contributed by atoms with Crippen molar-refractivity contribution in [2.24, 2.45) is 27.4 Å². The first kappa shape index (κ1) is 18.4. The first-order valence-electron chi connectivity index (χ1n) is 8.44. The van der Waals surface area contributed by atoms with Crippen LogP contribution >= 0.6 is 11.8 Å². The molecule has 138 valence electrons. The Hall–Kier alpha value is -2.35. The minimum atomic E-state index is -0.640. The number of halogens is 1. The molecule has 1 aliphatic heterocycles. The third-order valence-electron chi connectivity index (χ3n) is 4.95. The van der Waals surface area contributed by atoms with Gasteiger partial charge in [0.2, 0.25) is 0 Å². The van der Waals surface area contributed by atoms with E-state index in [-0.39, 0.29) is 17.4 Å². The molecule has 1 heterocycles. The summed E-state index contributed by atoms with van der Waals surface area (Å²) < 4.78 is 14.7. The third-order valence-corrected chi connectivity index (χ3v) is 5.90. The maximum atomic E-state index is 14.7. The maximum Gasteiger partial charge on any atom is 0.273 e. The van der Waals surface area contributed by atoms with Crippen molar-refractivity contribution in [1.82, 2.24) is 0 Å². The molecule has 26 heavy (non-hydrogen) atoms. The van der Waals surface area contributed by atoms with E-state index in [1.165, 1.54) is 43.2 Å². The number of aliphatic imine (C=N–C) groups is 2. The fourth-order valence-corrected chi connectivity index (χ4v) is 4.77. The number of carbonyl (C=O) groups is 1. The molecule has 0 bridgehead atoms. The lowest BCUT2D eigenvalue weighted by Crippen LogP contribution is -2.37. The van der Waals surface area contributed by atoms with Gasteiger partial charge in [-0.25, -0.2) is 4.39 Å². The topological polar surface area (TPSA) is 106 Å². The fraction of sp³-hybridized carbons (Fsp3) is 0.389. The zero-order chi connectivity index (χ0) is 18.7. The Balaban J connectivity index is 1.96. The van der Waals surface area contributed by atoms with Crippen molar-refractivity contribution < 1.29 is 9.18 Å². The Morgan fingerprint density at radius 2 is 2.35 bits per heavy atom. The van der Waals surface area contributed by atoms with Crippen LogP contribution in [0.3, 0.4) is 0 Å². The lowest BCUT2D eigenvalue weighted by Gasteiger charge is -2.36. The zero-order valence-corrected chi connectivity index (χ0v) is 15.4. The van der Waals surface area contributed by atoms with Gasteiger partial charge in [0.05, 0.1) is 5.54 Å². The lowest BCUT2D eigenvalue weighted by atomic mass is 9.81. The minimum absolute atomic E-state index is 0.187. The molecule has 1 fully saturated rings. The number of nitrogens with one attached hydrogen (secondary N) is 1. The zero-order valence-electron chi connectivity index (χ0n) is 14.5. The first-order chi connectivity index (χ1) is 12.5. The molecule has 1 aromatic carbocycles. The predicted octanol–water partition coefficient (Wildman–Crippen LogP) is 2.36. The molecule has 0 radical (unpaired) electrons. The summed E-state index contributed by atoms with van der Waals surface area (Å²) in [4.78, 5) is 20.8. The summed E-state index contributed by atoms with van der Waals surface area (Å²) in [7, 11) is 1.50. The lowest BCUT2D eigenvalue weighted by molar-refractivity contribution is -0.110. The molecule has 1 aromatic rings. The minimum Gasteiger partial charge on any atom is -0.405 e. The number of amidine groups is 1. The molecule has 0 spiro atoms. The average Bonchev–Trinajstić information content (AvgIpc) is 3.04. The van der Waals surface area contributed by atoms with Gasteiger partial charge in [-0.15, -0.1) is 0 Å². The van der Waals surface area contributed by atoms with Gasteiger partial charge in [-0.05, 0) is 49.2 Å². The number of nitrogens with zero attached hydrogens (tertiary/aromatic N) is 2. The van der Waals surface area contributed by atoms with Crippen LogP contribution in [0.4, 0.5) is 10.1 Å². The van der Waals surface area contributed by atoms with Gasteiger partial charge in [0.1, 0.15) is 11.5 Å². The van der Waals surface area contributed by atoms with Crippen LogP contribution < -0.4 is 16.8 Å². The largest absolute Gasteiger partial charge is 0.405 e. The second-order valence-corrected chi connectivity index (χ2v) is 7.43. The number of thioether (sulfide) groups is 1. The number of benzene rings is 1. The predicted molar refractivity (Wildman–Crippen MR) is 105 cm³/mol. The standard InChI is InChI=1S/C18H22FN5OS/c1-22-15(6-8-20)16(25)23-12-4-5-14(19)13(9-12)18-7-2-3-11(18)10-26-17(21)24-18/h4-6,8-9,11H,2-3,7,10,20H2,1H3,(H2,21,24)(H,23,25)/b8-6-,22-15+/t11-,18-/m0/s1. The van der Waals surface area contributed by atoms with Gasteiger partial charge < -0.3 is 16.8 Å². The number of hydrogen-bond acceptors (Lipinski definition) is 6. The van der Waals surface area contributed by atoms with E-state index in [2.05, 4.69) is 15.3 Å². The van der Waals surface area contributed by atoms with Crippen molar-refractivity contribution >= 4 is 34.2 Å². The van der Waals surface area contributed by atoms with Crippen LogP contribution in [0.1, 0.15) is 24.8 Å². The fourth-order valence-electron chi connectivity index (χ4n) is 3.73. The van der Waals surface area contributed by atoms with E-state index in [1.54, 1.807) is 6.07 Å². The number of anilines is 1. The quantitative estimate of drug-likeness (QED) is 0.703. The molecule has 8 heteroatoms. The Morgan fingerprint density at radius 3 is 3.08 bits per heavy atom. The van der Waals surface area contributed by atoms with Crippen LogP contribution in [0.15, 0.2) is 40.5 Å². The number of amides is 1. The van der Waals surface area contributed by atoms with E-state index in [9.17, 15) is 9.18 Å². The summed E-state index contributed by atoms with van der Waals surface area (Å²) in [6.45, 7) is 0. The van der Waals surface area contributed by atoms with Crippen LogP contribution in [-0.4, -0.2) is 29.6 Å². The van der Waals surface area contributed by atoms with Gasteiger partial charge in [0, 0.05) is 24.1 Å². The van der Waals surface area contributed by atoms with E-state index in [0.29, 0.717) is 16.4 Å². The molecule has 5 N–H and O–H groups in total. The van der Waals surface area contributed by atoms with Crippen molar-refractivity contribution in [2.45, 2.75) is 24.8 Å². The van der Waals surface area contributed by atoms with Crippen LogP contribution in [0.25, 0.3) is 0 Å². The summed E-state index contributed by atoms with van der Waals surface area (Å²) in [6.07, 6.45) is 5.39. The van der Waals surface area contributed by atoms with Gasteiger partial charge in [0.15, 0.2) is 5.17 Å². The number of carbonyl (C=O) groups excluding carboxylic acids is 1. The molecule has 0 aromatic heterocycles. The summed E-state index contributed by atoms with van der Waals surface area (Å²) in [5.74, 6) is 0.339. The van der Waals surface area contributed by atoms with Crippen molar-refractivity contribution in [3.63, 3.8) is 0 Å². The molecule has 6 nitrogen and oxygen atoms in total. The maximum absolute atomic E-state index is 14.7. The molecule has 1 saturated carbocycles. The Kier molecular flexibility index (Phi) is 5.31. The number of rotatable bonds is 4. The average molecular weight is 375 g/mol. The molecular weight excluding hydrogens is 353 g/mol. The van der Waals surface area contributed by atoms with Crippen molar-refractivity contribution in [1.29, 1.82) is 0 Å². The summed E-state index contributed by atoms with van der Waals surface area (Å²) in [5, 5.41) is 3.24. The second-order valence-electron chi connectivity index (χ2n) is 6.39. The van der Waals surface area contributed by atoms with Gasteiger partial charge in [-0.1, -0.05) is 18.2 Å². The van der Waals surface area contributed by atoms with Crippen LogP contribution in [-0.2, 0) is 10.3 Å². The van der Waals surface area contributed by atoms with E-state index < -0.39 is 11.4 Å². The van der Waals surface area contributed by atoms with E-state index in [1.807, 2.05) is 0 Å². The molecule has 3 rings (SSSR count). The monoisotopic (exact) mass is 375 g/mol. The van der Waals surface area contributed by atoms with Crippen molar-refractivity contribution in [2.75, 3.05) is 18.1 Å². The van der Waals surface area contributed by atoms with Crippen LogP contribution in [0.5, 0.6) is 0 Å². The Morgan fingerprint density at radius 1 is 1.54 bits per heavy atom. The molecule has 1 aliphatic carbocycles. The highest BCUT2D eigenvalue weighted by Gasteiger charge is 2.48. The SMILES string of the molecule is C/N=C(\C=C/N)C(=O)Nc1ccc(F)c([C@]23CCC[C@H]2CSC(N)=N3)c1. The van der Waals surface area contributed by atoms with Crippen molar-refractivity contribution in [3.05, 3.63) is 41.9 Å². The summed E-state index contributed by atoms with van der Waals surface area (Å²) >= 11 is 1.52. The van der Waals surface area contributed by atoms with Gasteiger partial charge in [-0.3, -0.25) is 14.8 Å². The highest BCUT2D eigenvalue weighted by Crippen LogP contribution is 2.51. The van der Waals surface area contributed by atoms with Crippen LogP contribution in [0.2, 0.25) is 0 Å². The molecule has 1 amide bonds. The molecule has 0 saturated heterocycles. The second kappa shape index (κ2) is 7.49. The molecule has 0 unspecified atom stereocenters. The molecular formula is C18H22FN5OS. The Labute approximate surface area is 156 Å². The molecule has 2 aliphatic rings. The highest BCUT2D eigenvalue weighted by atomic mass is 32.2.